The Morgan fingerprint density at radius 2 is 0.353 bits per heavy atom. The van der Waals surface area contributed by atoms with Crippen LogP contribution in [0.4, 0.5) is 0 Å². The quantitative estimate of drug-likeness (QED) is 0.367. The normalized spacial score (nSPS) is 7.06. The van der Waals surface area contributed by atoms with E-state index in [4.69, 9.17) is 37.3 Å². The van der Waals surface area contributed by atoms with Gasteiger partial charge in [-0.2, -0.15) is 0 Å². The summed E-state index contributed by atoms with van der Waals surface area (Å²) in [5.41, 5.74) is 0. The summed E-state index contributed by atoms with van der Waals surface area (Å²) >= 11 is 0. The van der Waals surface area contributed by atoms with E-state index >= 15 is 0 Å². The zero-order chi connectivity index (χ0) is 9.00. The van der Waals surface area contributed by atoms with E-state index in [2.05, 4.69) is 0 Å². The molecule has 0 spiro atoms. The van der Waals surface area contributed by atoms with Crippen LogP contribution < -0.4 is 37.3 Å². The summed E-state index contributed by atoms with van der Waals surface area (Å²) in [5.74, 6) is 0. The molecule has 1 radical (unpaired) electrons. The van der Waals surface area contributed by atoms with E-state index in [1.165, 1.54) is 0 Å². The summed E-state index contributed by atoms with van der Waals surface area (Å²) in [6, 6.07) is 0. The summed E-state index contributed by atoms with van der Waals surface area (Å²) in [7, 11) is -9.89. The Bertz CT molecular complexity index is 57.2. The first-order valence-electron chi connectivity index (χ1n) is 1.23. The minimum atomic E-state index is -4.94. The van der Waals surface area contributed by atoms with Crippen LogP contribution in [0.1, 0.15) is 0 Å². The largest absolute Gasteiger partial charge is 0.412 e. The molecular weight excluding hydrogens is 358 g/mol. The molecule has 0 aromatic rings. The summed E-state index contributed by atoms with van der Waals surface area (Å²) in [5, 5.41) is 0. The average molecular weight is 371 g/mol. The second kappa shape index (κ2) is 25.4. The molecule has 0 unspecified atom stereocenters. The SMILES string of the molecule is O.O.O.O.O.O.[Cu].[O-][Cl+3]([O-])([O-])[O-].[O-][Cl+3]([O-])([O-])[O-]. The number of hydrogen-bond acceptors (Lipinski definition) is 8. The Kier molecular flexibility index (Phi) is 98.3. The van der Waals surface area contributed by atoms with Gasteiger partial charge < -0.3 is 32.9 Å². The maximum Gasteiger partial charge on any atom is 0 e. The molecule has 17 heavy (non-hydrogen) atoms. The van der Waals surface area contributed by atoms with Crippen LogP contribution in [0.25, 0.3) is 0 Å². The molecule has 123 valence electrons. The van der Waals surface area contributed by atoms with Gasteiger partial charge >= 0.3 is 0 Å². The van der Waals surface area contributed by atoms with E-state index < -0.39 is 20.5 Å². The van der Waals surface area contributed by atoms with Crippen molar-refractivity contribution in [2.45, 2.75) is 0 Å². The van der Waals surface area contributed by atoms with Crippen LogP contribution in [0.3, 0.4) is 0 Å². The van der Waals surface area contributed by atoms with Gasteiger partial charge in [0.05, 0.1) is 0 Å². The van der Waals surface area contributed by atoms with Crippen molar-refractivity contribution in [1.82, 2.24) is 0 Å². The van der Waals surface area contributed by atoms with E-state index in [0.29, 0.717) is 0 Å². The van der Waals surface area contributed by atoms with Gasteiger partial charge in [0.1, 0.15) is 0 Å². The Balaban J connectivity index is -0.00000000762. The van der Waals surface area contributed by atoms with Crippen LogP contribution in [0.15, 0.2) is 0 Å². The molecule has 0 atom stereocenters. The molecule has 0 rings (SSSR count). The number of rotatable bonds is 0. The second-order valence-electron chi connectivity index (χ2n) is 0.756. The smallest absolute Gasteiger partial charge is 0 e. The fourth-order valence-corrected chi connectivity index (χ4v) is 0. The van der Waals surface area contributed by atoms with Crippen molar-refractivity contribution in [3.8, 4) is 0 Å². The monoisotopic (exact) mass is 369 g/mol. The Morgan fingerprint density at radius 3 is 0.353 bits per heavy atom. The van der Waals surface area contributed by atoms with Crippen LogP contribution in [-0.4, -0.2) is 32.9 Å². The summed E-state index contributed by atoms with van der Waals surface area (Å²) in [6.07, 6.45) is 0. The van der Waals surface area contributed by atoms with E-state index in [0.717, 1.165) is 0 Å². The van der Waals surface area contributed by atoms with Gasteiger partial charge in [-0.1, -0.05) is 0 Å². The van der Waals surface area contributed by atoms with Crippen LogP contribution in [0.5, 0.6) is 0 Å². The molecule has 0 aliphatic rings. The first kappa shape index (κ1) is 65.8. The molecule has 0 saturated carbocycles. The first-order chi connectivity index (χ1) is 4.00. The van der Waals surface area contributed by atoms with Gasteiger partial charge in [0, 0.05) is 17.1 Å². The maximum atomic E-state index is 8.49. The van der Waals surface area contributed by atoms with Crippen molar-refractivity contribution < 1.29 is 108 Å². The van der Waals surface area contributed by atoms with Gasteiger partial charge in [0.25, 0.3) is 0 Å². The fraction of sp³-hybridized carbons (Fsp3) is 0. The van der Waals surface area contributed by atoms with Crippen LogP contribution in [0.2, 0.25) is 0 Å². The fourth-order valence-electron chi connectivity index (χ4n) is 0. The van der Waals surface area contributed by atoms with E-state index in [1.807, 2.05) is 0 Å². The molecule has 0 heterocycles. The predicted molar refractivity (Wildman–Crippen MR) is 21.7 cm³/mol. The molecular formula is H12Cl2CuO14-2. The second-order valence-corrected chi connectivity index (χ2v) is 2.27. The Morgan fingerprint density at radius 1 is 0.353 bits per heavy atom. The van der Waals surface area contributed by atoms with Gasteiger partial charge in [-0.05, 0) is 0 Å². The van der Waals surface area contributed by atoms with Crippen molar-refractivity contribution in [3.05, 3.63) is 0 Å². The van der Waals surface area contributed by atoms with Crippen LogP contribution in [0, 0.1) is 20.5 Å². The minimum Gasteiger partial charge on any atom is -0.412 e. The van der Waals surface area contributed by atoms with Gasteiger partial charge in [0.2, 0.25) is 0 Å². The maximum absolute atomic E-state index is 8.49. The standard InChI is InChI=1S/2ClHO4.Cu.6H2O/c2*2-1(3,4)5;;;;;;;/h2*(H,2,3,4,5);;6*1H2/p-2. The van der Waals surface area contributed by atoms with E-state index in [9.17, 15) is 0 Å². The van der Waals surface area contributed by atoms with Crippen molar-refractivity contribution in [3.63, 3.8) is 0 Å². The van der Waals surface area contributed by atoms with Crippen LogP contribution in [-0.2, 0) is 17.1 Å². The Labute approximate surface area is 108 Å². The topological polar surface area (TPSA) is 373 Å². The minimum absolute atomic E-state index is 0. The molecule has 0 bridgehead atoms. The average Bonchev–Trinajstić information content (AvgIpc) is 1.12. The van der Waals surface area contributed by atoms with Gasteiger partial charge in [-0.3, -0.25) is 0 Å². The molecule has 0 aliphatic heterocycles. The third kappa shape index (κ3) is 12000. The van der Waals surface area contributed by atoms with Crippen molar-refractivity contribution >= 4 is 0 Å². The molecule has 0 fully saturated rings. The molecule has 17 heteroatoms. The predicted octanol–water partition coefficient (Wildman–Crippen LogP) is -14.5. The molecule has 0 amide bonds. The van der Waals surface area contributed by atoms with E-state index in [1.54, 1.807) is 0 Å². The first-order valence-corrected chi connectivity index (χ1v) is 3.70. The molecule has 14 nitrogen and oxygen atoms in total. The zero-order valence-electron chi connectivity index (χ0n) is 7.32. The third-order valence-electron chi connectivity index (χ3n) is 0. The van der Waals surface area contributed by atoms with Crippen molar-refractivity contribution in [1.29, 1.82) is 0 Å². The van der Waals surface area contributed by atoms with Gasteiger partial charge in [-0.15, -0.1) is 20.5 Å². The molecule has 0 aromatic carbocycles. The molecule has 0 saturated heterocycles. The number of hydrogen-bond donors (Lipinski definition) is 0. The molecule has 0 aliphatic carbocycles. The third-order valence-corrected chi connectivity index (χ3v) is 0. The number of halogens is 2. The van der Waals surface area contributed by atoms with Gasteiger partial charge in [-0.25, -0.2) is 37.3 Å². The molecule has 12 N–H and O–H groups in total. The summed E-state index contributed by atoms with van der Waals surface area (Å²) < 4.78 is 67.9. The Hall–Kier alpha value is 0.539. The van der Waals surface area contributed by atoms with E-state index in [-0.39, 0.29) is 49.9 Å². The summed E-state index contributed by atoms with van der Waals surface area (Å²) in [4.78, 5) is 0. The van der Waals surface area contributed by atoms with Crippen molar-refractivity contribution in [2.24, 2.45) is 0 Å². The van der Waals surface area contributed by atoms with Gasteiger partial charge in [0.15, 0.2) is 0 Å². The summed E-state index contributed by atoms with van der Waals surface area (Å²) in [6.45, 7) is 0. The molecule has 0 aromatic heterocycles. The van der Waals surface area contributed by atoms with Crippen molar-refractivity contribution in [2.75, 3.05) is 0 Å². The van der Waals surface area contributed by atoms with Crippen LogP contribution >= 0.6 is 0 Å². The zero-order valence-corrected chi connectivity index (χ0v) is 9.78.